The van der Waals surface area contributed by atoms with E-state index in [1.165, 1.54) is 36.7 Å². The molecule has 0 spiro atoms. The maximum atomic E-state index is 15.3. The Morgan fingerprint density at radius 2 is 1.87 bits per heavy atom. The zero-order valence-electron chi connectivity index (χ0n) is 20.4. The number of fused-ring (bicyclic) bond motifs is 2. The maximum absolute atomic E-state index is 15.3. The van der Waals surface area contributed by atoms with Crippen LogP contribution >= 0.6 is 0 Å². The van der Waals surface area contributed by atoms with Gasteiger partial charge in [-0.25, -0.2) is 27.8 Å². The van der Waals surface area contributed by atoms with Gasteiger partial charge in [0.25, 0.3) is 0 Å². The lowest BCUT2D eigenvalue weighted by Crippen LogP contribution is -2.23. The number of ether oxygens (including phenoxy) is 1. The van der Waals surface area contributed by atoms with Crippen LogP contribution in [0, 0.1) is 12.7 Å². The molecule has 0 fully saturated rings. The molecule has 204 valence electrons. The number of rotatable bonds is 6. The first-order valence-corrected chi connectivity index (χ1v) is 13.5. The molecule has 0 amide bonds. The highest BCUT2D eigenvalue weighted by Crippen LogP contribution is 2.39. The number of hydrogen-bond donors (Lipinski definition) is 3. The van der Waals surface area contributed by atoms with Crippen LogP contribution in [0.15, 0.2) is 42.7 Å². The first kappa shape index (κ1) is 26.4. The predicted molar refractivity (Wildman–Crippen MR) is 139 cm³/mol. The van der Waals surface area contributed by atoms with Crippen LogP contribution in [0.5, 0.6) is 5.88 Å². The zero-order chi connectivity index (χ0) is 27.9. The quantitative estimate of drug-likeness (QED) is 0.225. The average Bonchev–Trinajstić information content (AvgIpc) is 2.86. The van der Waals surface area contributed by atoms with Gasteiger partial charge < -0.3 is 21.1 Å². The van der Waals surface area contributed by atoms with Crippen LogP contribution in [0.4, 0.5) is 40.6 Å². The third-order valence-electron chi connectivity index (χ3n) is 6.08. The average molecular weight is 563 g/mol. The van der Waals surface area contributed by atoms with Crippen molar-refractivity contribution in [3.63, 3.8) is 0 Å². The van der Waals surface area contributed by atoms with Crippen molar-refractivity contribution < 1.29 is 30.7 Å². The van der Waals surface area contributed by atoms with Gasteiger partial charge >= 0.3 is 6.18 Å². The first-order chi connectivity index (χ1) is 18.4. The van der Waals surface area contributed by atoms with E-state index in [1.54, 1.807) is 6.07 Å². The highest BCUT2D eigenvalue weighted by molar-refractivity contribution is 7.90. The molecule has 0 unspecified atom stereocenters. The molecular weight excluding hydrogens is 540 g/mol. The molecule has 14 heteroatoms. The number of benzene rings is 2. The number of nitrogens with two attached hydrogens (primary N) is 1. The van der Waals surface area contributed by atoms with Gasteiger partial charge in [-0.05, 0) is 36.2 Å². The molecule has 0 radical (unpaired) electrons. The summed E-state index contributed by atoms with van der Waals surface area (Å²) < 4.78 is 81.9. The Morgan fingerprint density at radius 1 is 1.13 bits per heavy atom. The monoisotopic (exact) mass is 562 g/mol. The number of anilines is 4. The standard InChI is InChI=1S/C25H22F4N6O3S/c1-13-17(9-32-23-22(13)31-6-7-38-23)16-8-19-18(21(30)20(16)26)10-33-24(35-19)34-15-4-2-14(3-5-15)11-39(36,37)12-25(27,28)29/h2-5,8-10,31H,6-7,11-12,30H2,1H3,(H,33,34,35). The molecule has 1 aliphatic rings. The fourth-order valence-corrected chi connectivity index (χ4v) is 5.59. The predicted octanol–water partition coefficient (Wildman–Crippen LogP) is 4.75. The molecule has 0 saturated carbocycles. The van der Waals surface area contributed by atoms with Crippen molar-refractivity contribution in [2.45, 2.75) is 18.9 Å². The van der Waals surface area contributed by atoms with Gasteiger partial charge in [-0.2, -0.15) is 13.2 Å². The molecule has 1 aliphatic heterocycles. The first-order valence-electron chi connectivity index (χ1n) is 11.6. The Bertz CT molecular complexity index is 1680. The third kappa shape index (κ3) is 5.65. The molecule has 0 atom stereocenters. The maximum Gasteiger partial charge on any atom is 0.402 e. The van der Waals surface area contributed by atoms with Crippen molar-refractivity contribution in [3.8, 4) is 17.0 Å². The van der Waals surface area contributed by atoms with Gasteiger partial charge in [0.1, 0.15) is 18.0 Å². The molecule has 0 saturated heterocycles. The van der Waals surface area contributed by atoms with Crippen molar-refractivity contribution in [1.82, 2.24) is 15.0 Å². The largest absolute Gasteiger partial charge is 0.474 e. The Labute approximate surface area is 220 Å². The van der Waals surface area contributed by atoms with Crippen LogP contribution < -0.4 is 21.1 Å². The highest BCUT2D eigenvalue weighted by Gasteiger charge is 2.35. The number of sulfone groups is 1. The van der Waals surface area contributed by atoms with E-state index in [0.717, 1.165) is 5.56 Å². The van der Waals surface area contributed by atoms with Gasteiger partial charge in [0.2, 0.25) is 11.8 Å². The summed E-state index contributed by atoms with van der Waals surface area (Å²) >= 11 is 0. The molecule has 4 aromatic rings. The molecule has 4 N–H and O–H groups in total. The fraction of sp³-hybridized carbons (Fsp3) is 0.240. The normalized spacial score (nSPS) is 13.5. The van der Waals surface area contributed by atoms with Crippen molar-refractivity contribution in [3.05, 3.63) is 59.7 Å². The lowest BCUT2D eigenvalue weighted by Gasteiger charge is -2.22. The van der Waals surface area contributed by atoms with Crippen LogP contribution in [0.3, 0.4) is 0 Å². The summed E-state index contributed by atoms with van der Waals surface area (Å²) in [6.45, 7) is 2.89. The minimum absolute atomic E-state index is 0.125. The molecular formula is C25H22F4N6O3S. The number of nitrogens with one attached hydrogen (secondary N) is 2. The molecule has 0 aliphatic carbocycles. The summed E-state index contributed by atoms with van der Waals surface area (Å²) in [5.41, 5.74) is 9.13. The summed E-state index contributed by atoms with van der Waals surface area (Å²) in [7, 11) is -4.36. The van der Waals surface area contributed by atoms with Crippen LogP contribution in [0.25, 0.3) is 22.0 Å². The second-order valence-electron chi connectivity index (χ2n) is 9.00. The van der Waals surface area contributed by atoms with Crippen molar-refractivity contribution in [2.24, 2.45) is 0 Å². The van der Waals surface area contributed by atoms with Crippen molar-refractivity contribution in [1.29, 1.82) is 0 Å². The van der Waals surface area contributed by atoms with E-state index in [1.807, 2.05) is 6.92 Å². The zero-order valence-corrected chi connectivity index (χ0v) is 21.3. The van der Waals surface area contributed by atoms with E-state index < -0.39 is 33.3 Å². The van der Waals surface area contributed by atoms with Crippen LogP contribution in [0.2, 0.25) is 0 Å². The number of nitrogen functional groups attached to an aromatic ring is 1. The molecule has 5 rings (SSSR count). The number of aromatic nitrogens is 3. The van der Waals surface area contributed by atoms with Crippen LogP contribution in [0.1, 0.15) is 11.1 Å². The Kier molecular flexibility index (Phi) is 6.66. The van der Waals surface area contributed by atoms with Gasteiger partial charge in [-0.3, -0.25) is 0 Å². The lowest BCUT2D eigenvalue weighted by atomic mass is 9.98. The highest BCUT2D eigenvalue weighted by atomic mass is 32.2. The molecule has 2 aromatic carbocycles. The van der Waals surface area contributed by atoms with E-state index >= 15 is 4.39 Å². The summed E-state index contributed by atoms with van der Waals surface area (Å²) in [6, 6.07) is 7.32. The van der Waals surface area contributed by atoms with Gasteiger partial charge in [0.15, 0.2) is 15.7 Å². The lowest BCUT2D eigenvalue weighted by molar-refractivity contribution is -0.106. The van der Waals surface area contributed by atoms with Gasteiger partial charge in [0, 0.05) is 41.1 Å². The number of hydrogen-bond acceptors (Lipinski definition) is 9. The Hall–Kier alpha value is -4.20. The number of alkyl halides is 3. The molecule has 0 bridgehead atoms. The van der Waals surface area contributed by atoms with Crippen LogP contribution in [-0.4, -0.2) is 48.5 Å². The molecule has 9 nitrogen and oxygen atoms in total. The summed E-state index contributed by atoms with van der Waals surface area (Å²) in [6.07, 6.45) is -1.92. The van der Waals surface area contributed by atoms with E-state index in [4.69, 9.17) is 10.5 Å². The minimum atomic E-state index is -4.81. The van der Waals surface area contributed by atoms with E-state index in [0.29, 0.717) is 46.9 Å². The second-order valence-corrected chi connectivity index (χ2v) is 11.1. The summed E-state index contributed by atoms with van der Waals surface area (Å²) in [4.78, 5) is 12.9. The summed E-state index contributed by atoms with van der Waals surface area (Å²) in [5, 5.41) is 6.46. The van der Waals surface area contributed by atoms with Crippen molar-refractivity contribution >= 4 is 43.8 Å². The fourth-order valence-electron chi connectivity index (χ4n) is 4.29. The number of pyridine rings is 1. The van der Waals surface area contributed by atoms with E-state index in [9.17, 15) is 21.6 Å². The molecule has 2 aromatic heterocycles. The summed E-state index contributed by atoms with van der Waals surface area (Å²) in [5.74, 6) is -2.68. The Morgan fingerprint density at radius 3 is 2.59 bits per heavy atom. The molecule has 39 heavy (non-hydrogen) atoms. The van der Waals surface area contributed by atoms with E-state index in [2.05, 4.69) is 25.6 Å². The second kappa shape index (κ2) is 9.84. The SMILES string of the molecule is Cc1c(-c2cc3nc(Nc4ccc(CS(=O)(=O)CC(F)(F)F)cc4)ncc3c(N)c2F)cnc2c1NCCO2. The number of nitrogens with zero attached hydrogens (tertiary/aromatic N) is 3. The third-order valence-corrected chi connectivity index (χ3v) is 7.62. The Balaban J connectivity index is 1.42. The number of halogens is 4. The van der Waals surface area contributed by atoms with Gasteiger partial charge in [0.05, 0.1) is 17.0 Å². The topological polar surface area (TPSA) is 132 Å². The minimum Gasteiger partial charge on any atom is -0.474 e. The van der Waals surface area contributed by atoms with Gasteiger partial charge in [-0.15, -0.1) is 0 Å². The smallest absolute Gasteiger partial charge is 0.402 e. The van der Waals surface area contributed by atoms with Gasteiger partial charge in [-0.1, -0.05) is 12.1 Å². The molecule has 3 heterocycles. The van der Waals surface area contributed by atoms with Crippen molar-refractivity contribution in [2.75, 3.05) is 35.3 Å². The van der Waals surface area contributed by atoms with Crippen LogP contribution in [-0.2, 0) is 15.6 Å². The van der Waals surface area contributed by atoms with E-state index in [-0.39, 0.29) is 22.8 Å².